The van der Waals surface area contributed by atoms with Crippen LogP contribution in [0.3, 0.4) is 0 Å². The number of esters is 1. The van der Waals surface area contributed by atoms with Crippen LogP contribution in [0.25, 0.3) is 0 Å². The van der Waals surface area contributed by atoms with E-state index in [1.54, 1.807) is 17.7 Å². The third kappa shape index (κ3) is 2.73. The monoisotopic (exact) mass is 261 g/mol. The van der Waals surface area contributed by atoms with Crippen LogP contribution in [0.1, 0.15) is 22.0 Å². The molecule has 0 fully saturated rings. The summed E-state index contributed by atoms with van der Waals surface area (Å²) < 4.78 is 11.6. The van der Waals surface area contributed by atoms with E-state index in [1.165, 1.54) is 13.3 Å². The number of ether oxygens (including phenoxy) is 2. The zero-order valence-electron chi connectivity index (χ0n) is 11.1. The van der Waals surface area contributed by atoms with Crippen molar-refractivity contribution in [1.29, 1.82) is 0 Å². The fraction of sp³-hybridized carbons (Fsp3) is 0.308. The number of pyridine rings is 1. The van der Waals surface area contributed by atoms with Gasteiger partial charge in [0.25, 0.3) is 0 Å². The summed E-state index contributed by atoms with van der Waals surface area (Å²) in [7, 11) is 2.91. The summed E-state index contributed by atoms with van der Waals surface area (Å²) >= 11 is 0. The minimum absolute atomic E-state index is 0.407. The van der Waals surface area contributed by atoms with Gasteiger partial charge in [-0.05, 0) is 13.0 Å². The number of hydrogen-bond acceptors (Lipinski definition) is 5. The average molecular weight is 261 g/mol. The summed E-state index contributed by atoms with van der Waals surface area (Å²) in [6, 6.07) is 5.49. The van der Waals surface area contributed by atoms with Gasteiger partial charge in [0.2, 0.25) is 5.88 Å². The van der Waals surface area contributed by atoms with E-state index in [4.69, 9.17) is 9.47 Å². The maximum atomic E-state index is 11.6. The van der Waals surface area contributed by atoms with Crippen LogP contribution in [0, 0.1) is 6.92 Å². The summed E-state index contributed by atoms with van der Waals surface area (Å²) in [4.78, 5) is 20.1. The molecule has 6 nitrogen and oxygen atoms in total. The van der Waals surface area contributed by atoms with Crippen molar-refractivity contribution in [3.05, 3.63) is 41.6 Å². The second-order valence-corrected chi connectivity index (χ2v) is 3.94. The van der Waals surface area contributed by atoms with Gasteiger partial charge in [-0.15, -0.1) is 0 Å². The lowest BCUT2D eigenvalue weighted by Gasteiger charge is -2.09. The Hall–Kier alpha value is -2.37. The highest BCUT2D eigenvalue weighted by Gasteiger charge is 2.15. The Labute approximate surface area is 111 Å². The molecule has 0 saturated heterocycles. The first-order valence-corrected chi connectivity index (χ1v) is 5.76. The number of aromatic nitrogens is 3. The zero-order chi connectivity index (χ0) is 13.8. The van der Waals surface area contributed by atoms with Crippen LogP contribution in [0.15, 0.2) is 24.4 Å². The molecule has 2 aromatic rings. The van der Waals surface area contributed by atoms with Crippen LogP contribution >= 0.6 is 0 Å². The summed E-state index contributed by atoms with van der Waals surface area (Å²) in [5.74, 6) is 0.850. The molecule has 100 valence electrons. The van der Waals surface area contributed by atoms with Crippen molar-refractivity contribution in [3.8, 4) is 5.88 Å². The molecule has 0 aliphatic rings. The fourth-order valence-electron chi connectivity index (χ4n) is 1.76. The first kappa shape index (κ1) is 13.1. The highest BCUT2D eigenvalue weighted by molar-refractivity contribution is 5.87. The van der Waals surface area contributed by atoms with Crippen LogP contribution in [-0.2, 0) is 11.3 Å². The van der Waals surface area contributed by atoms with Gasteiger partial charge in [-0.3, -0.25) is 0 Å². The van der Waals surface area contributed by atoms with E-state index in [-0.39, 0.29) is 0 Å². The van der Waals surface area contributed by atoms with Crippen molar-refractivity contribution in [3.63, 3.8) is 0 Å². The van der Waals surface area contributed by atoms with E-state index in [0.717, 1.165) is 11.5 Å². The number of carbonyl (C=O) groups is 1. The summed E-state index contributed by atoms with van der Waals surface area (Å²) in [5, 5.41) is 0. The van der Waals surface area contributed by atoms with E-state index in [1.807, 2.05) is 19.1 Å². The number of imidazole rings is 1. The molecule has 0 saturated carbocycles. The molecule has 2 aromatic heterocycles. The second-order valence-electron chi connectivity index (χ2n) is 3.94. The first-order chi connectivity index (χ1) is 9.15. The quantitative estimate of drug-likeness (QED) is 0.779. The topological polar surface area (TPSA) is 66.2 Å². The highest BCUT2D eigenvalue weighted by Crippen LogP contribution is 2.12. The first-order valence-electron chi connectivity index (χ1n) is 5.76. The van der Waals surface area contributed by atoms with Gasteiger partial charge in [0.1, 0.15) is 11.5 Å². The van der Waals surface area contributed by atoms with Crippen LogP contribution in [0.2, 0.25) is 0 Å². The van der Waals surface area contributed by atoms with E-state index >= 15 is 0 Å². The van der Waals surface area contributed by atoms with Crippen molar-refractivity contribution in [2.24, 2.45) is 0 Å². The second kappa shape index (κ2) is 5.51. The van der Waals surface area contributed by atoms with Crippen LogP contribution < -0.4 is 4.74 Å². The Morgan fingerprint density at radius 1 is 1.37 bits per heavy atom. The molecule has 0 bridgehead atoms. The van der Waals surface area contributed by atoms with E-state index < -0.39 is 5.97 Å². The molecule has 19 heavy (non-hydrogen) atoms. The van der Waals surface area contributed by atoms with Crippen LogP contribution in [-0.4, -0.2) is 34.7 Å². The maximum absolute atomic E-state index is 11.6. The average Bonchev–Trinajstić information content (AvgIpc) is 2.80. The van der Waals surface area contributed by atoms with Gasteiger partial charge >= 0.3 is 5.97 Å². The third-order valence-corrected chi connectivity index (χ3v) is 2.76. The Morgan fingerprint density at radius 3 is 2.84 bits per heavy atom. The summed E-state index contributed by atoms with van der Waals surface area (Å²) in [5.41, 5.74) is 1.19. The zero-order valence-corrected chi connectivity index (χ0v) is 11.1. The Balaban J connectivity index is 2.32. The molecule has 0 unspecified atom stereocenters. The molecule has 0 spiro atoms. The molecule has 0 amide bonds. The van der Waals surface area contributed by atoms with Gasteiger partial charge in [-0.2, -0.15) is 0 Å². The highest BCUT2D eigenvalue weighted by atomic mass is 16.5. The van der Waals surface area contributed by atoms with Crippen molar-refractivity contribution in [2.45, 2.75) is 13.5 Å². The van der Waals surface area contributed by atoms with Gasteiger partial charge in [-0.1, -0.05) is 6.07 Å². The molecule has 0 aliphatic heterocycles. The molecular weight excluding hydrogens is 246 g/mol. The lowest BCUT2D eigenvalue weighted by Crippen LogP contribution is -2.13. The molecular formula is C13H15N3O3. The van der Waals surface area contributed by atoms with Gasteiger partial charge in [0.05, 0.1) is 32.7 Å². The number of rotatable bonds is 4. The number of methoxy groups -OCH3 is 2. The molecule has 0 N–H and O–H groups in total. The van der Waals surface area contributed by atoms with Gasteiger partial charge in [0.15, 0.2) is 0 Å². The van der Waals surface area contributed by atoms with Gasteiger partial charge < -0.3 is 14.0 Å². The predicted molar refractivity (Wildman–Crippen MR) is 68.2 cm³/mol. The minimum atomic E-state index is -0.413. The van der Waals surface area contributed by atoms with Crippen molar-refractivity contribution >= 4 is 5.97 Å². The van der Waals surface area contributed by atoms with Gasteiger partial charge in [0, 0.05) is 6.07 Å². The molecule has 2 heterocycles. The molecule has 0 aliphatic carbocycles. The largest absolute Gasteiger partial charge is 0.481 e. The van der Waals surface area contributed by atoms with E-state index in [9.17, 15) is 4.79 Å². The SMILES string of the molecule is COC(=O)c1cnc(C)n1Cc1cccc(OC)n1. The molecule has 0 atom stereocenters. The minimum Gasteiger partial charge on any atom is -0.481 e. The van der Waals surface area contributed by atoms with Crippen molar-refractivity contribution < 1.29 is 14.3 Å². The van der Waals surface area contributed by atoms with Crippen molar-refractivity contribution in [2.75, 3.05) is 14.2 Å². The molecule has 0 aromatic carbocycles. The number of carbonyl (C=O) groups excluding carboxylic acids is 1. The Morgan fingerprint density at radius 2 is 2.16 bits per heavy atom. The van der Waals surface area contributed by atoms with E-state index in [2.05, 4.69) is 9.97 Å². The number of aryl methyl sites for hydroxylation is 1. The normalized spacial score (nSPS) is 10.3. The summed E-state index contributed by atoms with van der Waals surface area (Å²) in [6.07, 6.45) is 1.50. The molecule has 2 rings (SSSR count). The summed E-state index contributed by atoms with van der Waals surface area (Å²) in [6.45, 7) is 2.26. The molecule has 0 radical (unpaired) electrons. The van der Waals surface area contributed by atoms with Gasteiger partial charge in [-0.25, -0.2) is 14.8 Å². The van der Waals surface area contributed by atoms with Crippen molar-refractivity contribution in [1.82, 2.24) is 14.5 Å². The Bertz CT molecular complexity index is 593. The maximum Gasteiger partial charge on any atom is 0.356 e. The predicted octanol–water partition coefficient (Wildman–Crippen LogP) is 1.43. The smallest absolute Gasteiger partial charge is 0.356 e. The third-order valence-electron chi connectivity index (χ3n) is 2.76. The lowest BCUT2D eigenvalue weighted by molar-refractivity contribution is 0.0588. The van der Waals surface area contributed by atoms with Crippen LogP contribution in [0.5, 0.6) is 5.88 Å². The number of nitrogens with zero attached hydrogens (tertiary/aromatic N) is 3. The standard InChI is InChI=1S/C13H15N3O3/c1-9-14-7-11(13(17)19-3)16(9)8-10-5-4-6-12(15-10)18-2/h4-7H,8H2,1-3H3. The lowest BCUT2D eigenvalue weighted by atomic mass is 10.3. The Kier molecular flexibility index (Phi) is 3.79. The van der Waals surface area contributed by atoms with Crippen LogP contribution in [0.4, 0.5) is 0 Å². The van der Waals surface area contributed by atoms with E-state index in [0.29, 0.717) is 18.1 Å². The fourth-order valence-corrected chi connectivity index (χ4v) is 1.76. The number of hydrogen-bond donors (Lipinski definition) is 0. The molecule has 6 heteroatoms.